The standard InChI is InChI=1S/C16H22N2O3/c1-13(19)17(9-5-11-21-2)12-16(20)18-10-8-14-6-3-4-7-15(14)18/h3-4,6-7H,5,8-12H2,1-2H3. The predicted octanol–water partition coefficient (Wildman–Crippen LogP) is 1.46. The van der Waals surface area contributed by atoms with Crippen molar-refractivity contribution in [1.29, 1.82) is 0 Å². The second kappa shape index (κ2) is 7.22. The van der Waals surface area contributed by atoms with E-state index in [0.717, 1.165) is 18.5 Å². The predicted molar refractivity (Wildman–Crippen MR) is 81.2 cm³/mol. The van der Waals surface area contributed by atoms with Gasteiger partial charge in [0.2, 0.25) is 11.8 Å². The number of ether oxygens (including phenoxy) is 1. The van der Waals surface area contributed by atoms with Crippen LogP contribution in [0.3, 0.4) is 0 Å². The monoisotopic (exact) mass is 290 g/mol. The summed E-state index contributed by atoms with van der Waals surface area (Å²) in [5, 5.41) is 0. The van der Waals surface area contributed by atoms with E-state index in [2.05, 4.69) is 0 Å². The molecule has 5 nitrogen and oxygen atoms in total. The number of hydrogen-bond acceptors (Lipinski definition) is 3. The third-order valence-electron chi connectivity index (χ3n) is 3.74. The number of carbonyl (C=O) groups excluding carboxylic acids is 2. The van der Waals surface area contributed by atoms with Crippen LogP contribution in [0.25, 0.3) is 0 Å². The first kappa shape index (κ1) is 15.5. The second-order valence-corrected chi connectivity index (χ2v) is 5.21. The summed E-state index contributed by atoms with van der Waals surface area (Å²) in [5.74, 6) is -0.0977. The van der Waals surface area contributed by atoms with E-state index in [1.165, 1.54) is 12.5 Å². The van der Waals surface area contributed by atoms with E-state index in [1.54, 1.807) is 16.9 Å². The number of nitrogens with zero attached hydrogens (tertiary/aromatic N) is 2. The van der Waals surface area contributed by atoms with Crippen molar-refractivity contribution in [2.24, 2.45) is 0 Å². The zero-order valence-corrected chi connectivity index (χ0v) is 12.7. The van der Waals surface area contributed by atoms with Gasteiger partial charge in [-0.3, -0.25) is 9.59 Å². The van der Waals surface area contributed by atoms with Crippen LogP contribution >= 0.6 is 0 Å². The van der Waals surface area contributed by atoms with Crippen molar-refractivity contribution in [3.63, 3.8) is 0 Å². The minimum Gasteiger partial charge on any atom is -0.385 e. The summed E-state index contributed by atoms with van der Waals surface area (Å²) in [6.45, 7) is 3.46. The Morgan fingerprint density at radius 1 is 1.33 bits per heavy atom. The van der Waals surface area contributed by atoms with E-state index in [0.29, 0.717) is 19.7 Å². The largest absolute Gasteiger partial charge is 0.385 e. The lowest BCUT2D eigenvalue weighted by atomic mass is 10.2. The molecule has 0 saturated heterocycles. The Morgan fingerprint density at radius 3 is 2.81 bits per heavy atom. The lowest BCUT2D eigenvalue weighted by molar-refractivity contribution is -0.133. The van der Waals surface area contributed by atoms with Gasteiger partial charge in [-0.1, -0.05) is 18.2 Å². The van der Waals surface area contributed by atoms with Gasteiger partial charge in [-0.05, 0) is 24.5 Å². The zero-order valence-electron chi connectivity index (χ0n) is 12.7. The molecule has 0 spiro atoms. The van der Waals surface area contributed by atoms with Gasteiger partial charge in [0.25, 0.3) is 0 Å². The van der Waals surface area contributed by atoms with Crippen LogP contribution in [0.1, 0.15) is 18.9 Å². The minimum absolute atomic E-state index is 0.0208. The molecule has 0 radical (unpaired) electrons. The van der Waals surface area contributed by atoms with Gasteiger partial charge in [-0.2, -0.15) is 0 Å². The maximum Gasteiger partial charge on any atom is 0.246 e. The summed E-state index contributed by atoms with van der Waals surface area (Å²) in [7, 11) is 1.63. The Hall–Kier alpha value is -1.88. The van der Waals surface area contributed by atoms with Crippen LogP contribution in [-0.2, 0) is 20.7 Å². The first-order chi connectivity index (χ1) is 10.1. The SMILES string of the molecule is COCCCN(CC(=O)N1CCc2ccccc21)C(C)=O. The highest BCUT2D eigenvalue weighted by molar-refractivity contribution is 5.98. The van der Waals surface area contributed by atoms with Crippen molar-refractivity contribution in [2.45, 2.75) is 19.8 Å². The highest BCUT2D eigenvalue weighted by atomic mass is 16.5. The molecule has 5 heteroatoms. The molecule has 0 saturated carbocycles. The fourth-order valence-electron chi connectivity index (χ4n) is 2.59. The van der Waals surface area contributed by atoms with Gasteiger partial charge in [-0.15, -0.1) is 0 Å². The van der Waals surface area contributed by atoms with E-state index in [1.807, 2.05) is 24.3 Å². The maximum absolute atomic E-state index is 12.5. The molecular formula is C16H22N2O3. The number of hydrogen-bond donors (Lipinski definition) is 0. The molecule has 1 aliphatic heterocycles. The number of anilines is 1. The molecule has 0 bridgehead atoms. The van der Waals surface area contributed by atoms with Gasteiger partial charge in [0.15, 0.2) is 0 Å². The first-order valence-corrected chi connectivity index (χ1v) is 7.26. The number of fused-ring (bicyclic) bond motifs is 1. The normalized spacial score (nSPS) is 13.1. The molecule has 0 atom stereocenters. The number of para-hydroxylation sites is 1. The highest BCUT2D eigenvalue weighted by Gasteiger charge is 2.25. The van der Waals surface area contributed by atoms with E-state index in [4.69, 9.17) is 4.74 Å². The minimum atomic E-state index is -0.0769. The number of amides is 2. The molecule has 0 fully saturated rings. The first-order valence-electron chi connectivity index (χ1n) is 7.26. The van der Waals surface area contributed by atoms with Crippen LogP contribution in [-0.4, -0.2) is 50.1 Å². The van der Waals surface area contributed by atoms with Crippen LogP contribution in [0, 0.1) is 0 Å². The lowest BCUT2D eigenvalue weighted by Gasteiger charge is -2.24. The van der Waals surface area contributed by atoms with Crippen LogP contribution in [0.15, 0.2) is 24.3 Å². The van der Waals surface area contributed by atoms with Gasteiger partial charge >= 0.3 is 0 Å². The van der Waals surface area contributed by atoms with Gasteiger partial charge in [0.1, 0.15) is 6.54 Å². The average Bonchev–Trinajstić information content (AvgIpc) is 2.90. The molecule has 114 valence electrons. The fourth-order valence-corrected chi connectivity index (χ4v) is 2.59. The van der Waals surface area contributed by atoms with Gasteiger partial charge < -0.3 is 14.5 Å². The molecule has 1 aliphatic rings. The van der Waals surface area contributed by atoms with Crippen molar-refractivity contribution < 1.29 is 14.3 Å². The Labute approximate surface area is 125 Å². The fraction of sp³-hybridized carbons (Fsp3) is 0.500. The molecule has 0 N–H and O–H groups in total. The van der Waals surface area contributed by atoms with Gasteiger partial charge in [0, 0.05) is 39.4 Å². The van der Waals surface area contributed by atoms with Crippen LogP contribution in [0.2, 0.25) is 0 Å². The van der Waals surface area contributed by atoms with Crippen molar-refractivity contribution in [2.75, 3.05) is 38.3 Å². The summed E-state index contributed by atoms with van der Waals surface area (Å²) >= 11 is 0. The van der Waals surface area contributed by atoms with Crippen molar-refractivity contribution in [3.05, 3.63) is 29.8 Å². The summed E-state index contributed by atoms with van der Waals surface area (Å²) in [6.07, 6.45) is 1.62. The average molecular weight is 290 g/mol. The Kier molecular flexibility index (Phi) is 5.33. The van der Waals surface area contributed by atoms with E-state index in [9.17, 15) is 9.59 Å². The third kappa shape index (κ3) is 3.82. The molecular weight excluding hydrogens is 268 g/mol. The van der Waals surface area contributed by atoms with E-state index >= 15 is 0 Å². The Morgan fingerprint density at radius 2 is 2.10 bits per heavy atom. The Balaban J connectivity index is 1.98. The highest BCUT2D eigenvalue weighted by Crippen LogP contribution is 2.27. The zero-order chi connectivity index (χ0) is 15.2. The van der Waals surface area contributed by atoms with Crippen LogP contribution in [0.4, 0.5) is 5.69 Å². The molecule has 0 aliphatic carbocycles. The molecule has 2 rings (SSSR count). The van der Waals surface area contributed by atoms with Gasteiger partial charge in [-0.25, -0.2) is 0 Å². The van der Waals surface area contributed by atoms with Crippen molar-refractivity contribution in [1.82, 2.24) is 4.90 Å². The molecule has 1 heterocycles. The third-order valence-corrected chi connectivity index (χ3v) is 3.74. The smallest absolute Gasteiger partial charge is 0.246 e. The van der Waals surface area contributed by atoms with E-state index in [-0.39, 0.29) is 18.4 Å². The lowest BCUT2D eigenvalue weighted by Crippen LogP contribution is -2.42. The molecule has 2 amide bonds. The quantitative estimate of drug-likeness (QED) is 0.745. The number of carbonyl (C=O) groups is 2. The molecule has 0 unspecified atom stereocenters. The topological polar surface area (TPSA) is 49.9 Å². The second-order valence-electron chi connectivity index (χ2n) is 5.21. The summed E-state index contributed by atoms with van der Waals surface area (Å²) in [6, 6.07) is 7.93. The van der Waals surface area contributed by atoms with E-state index < -0.39 is 0 Å². The van der Waals surface area contributed by atoms with Gasteiger partial charge in [0.05, 0.1) is 0 Å². The number of rotatable bonds is 6. The summed E-state index contributed by atoms with van der Waals surface area (Å²) < 4.78 is 4.99. The van der Waals surface area contributed by atoms with Crippen LogP contribution in [0.5, 0.6) is 0 Å². The summed E-state index contributed by atoms with van der Waals surface area (Å²) in [4.78, 5) is 27.5. The molecule has 1 aromatic rings. The maximum atomic E-state index is 12.5. The number of methoxy groups -OCH3 is 1. The molecule has 21 heavy (non-hydrogen) atoms. The summed E-state index contributed by atoms with van der Waals surface area (Å²) in [5.41, 5.74) is 2.17. The Bertz CT molecular complexity index is 516. The molecule has 0 aromatic heterocycles. The van der Waals surface area contributed by atoms with Crippen molar-refractivity contribution >= 4 is 17.5 Å². The van der Waals surface area contributed by atoms with Crippen LogP contribution < -0.4 is 4.90 Å². The van der Waals surface area contributed by atoms with Crippen molar-refractivity contribution in [3.8, 4) is 0 Å². The number of benzene rings is 1. The molecule has 1 aromatic carbocycles.